The monoisotopic (exact) mass is 462 g/mol. The van der Waals surface area contributed by atoms with Crippen LogP contribution >= 0.6 is 0 Å². The summed E-state index contributed by atoms with van der Waals surface area (Å²) in [7, 11) is 0. The number of carbonyl (C=O) groups excluding carboxylic acids is 2. The fourth-order valence-electron chi connectivity index (χ4n) is 4.00. The number of rotatable bonds is 8. The largest absolute Gasteiger partial charge is 0.372 e. The maximum atomic E-state index is 12.8. The smallest absolute Gasteiger partial charge is 0.254 e. The van der Waals surface area contributed by atoms with Crippen LogP contribution in [0.25, 0.3) is 11.4 Å². The highest BCUT2D eigenvalue weighted by Crippen LogP contribution is 2.15. The third-order valence-electron chi connectivity index (χ3n) is 5.64. The summed E-state index contributed by atoms with van der Waals surface area (Å²) in [5.41, 5.74) is 2.50. The molecule has 0 aliphatic carbocycles. The molecule has 2 amide bonds. The van der Waals surface area contributed by atoms with E-state index in [1.165, 1.54) is 4.80 Å². The first-order valence-electron chi connectivity index (χ1n) is 11.6. The van der Waals surface area contributed by atoms with Crippen molar-refractivity contribution in [2.45, 2.75) is 52.0 Å². The van der Waals surface area contributed by atoms with Crippen LogP contribution < -0.4 is 5.32 Å². The number of carbonyl (C=O) groups is 2. The molecule has 3 aromatic rings. The molecule has 1 N–H and O–H groups in total. The number of ether oxygens (including phenoxy) is 1. The number of tetrazole rings is 1. The van der Waals surface area contributed by atoms with Gasteiger partial charge in [0.05, 0.1) is 18.8 Å². The van der Waals surface area contributed by atoms with Crippen molar-refractivity contribution < 1.29 is 14.3 Å². The van der Waals surface area contributed by atoms with Gasteiger partial charge < -0.3 is 15.0 Å². The summed E-state index contributed by atoms with van der Waals surface area (Å²) in [4.78, 5) is 28.3. The standard InChI is InChI=1S/C25H30N6O3/c1-18-16-30(17-19(2)34-18)25(33)22-12-10-20(11-13-22)15-26-23(32)9-6-14-31-28-24(27-29-31)21-7-4-3-5-8-21/h3-5,7-8,10-13,18-19H,6,9,14-17H2,1-2H3,(H,26,32). The molecular formula is C25H30N6O3. The van der Waals surface area contributed by atoms with Crippen LogP contribution in [0.5, 0.6) is 0 Å². The van der Waals surface area contributed by atoms with Gasteiger partial charge in [-0.2, -0.15) is 4.80 Å². The summed E-state index contributed by atoms with van der Waals surface area (Å²) >= 11 is 0. The Hall–Kier alpha value is -3.59. The zero-order chi connectivity index (χ0) is 23.9. The number of nitrogens with zero attached hydrogens (tertiary/aromatic N) is 5. The van der Waals surface area contributed by atoms with Gasteiger partial charge in [0.25, 0.3) is 5.91 Å². The van der Waals surface area contributed by atoms with Gasteiger partial charge in [-0.25, -0.2) is 0 Å². The van der Waals surface area contributed by atoms with Crippen LogP contribution in [0, 0.1) is 0 Å². The fourth-order valence-corrected chi connectivity index (χ4v) is 4.00. The van der Waals surface area contributed by atoms with Gasteiger partial charge in [0, 0.05) is 37.2 Å². The van der Waals surface area contributed by atoms with Crippen molar-refractivity contribution in [1.29, 1.82) is 0 Å². The minimum absolute atomic E-state index is 0.00901. The first kappa shape index (κ1) is 23.6. The van der Waals surface area contributed by atoms with Crippen LogP contribution in [-0.4, -0.2) is 62.2 Å². The molecular weight excluding hydrogens is 432 g/mol. The topological polar surface area (TPSA) is 102 Å². The molecule has 0 spiro atoms. The van der Waals surface area contributed by atoms with Gasteiger partial charge in [-0.15, -0.1) is 10.2 Å². The van der Waals surface area contributed by atoms with Gasteiger partial charge in [-0.05, 0) is 43.2 Å². The minimum atomic E-state index is -0.0418. The van der Waals surface area contributed by atoms with Gasteiger partial charge in [0.1, 0.15) is 0 Å². The number of morpholine rings is 1. The highest BCUT2D eigenvalue weighted by atomic mass is 16.5. The molecule has 1 saturated heterocycles. The lowest BCUT2D eigenvalue weighted by molar-refractivity contribution is -0.121. The molecule has 4 rings (SSSR count). The number of aryl methyl sites for hydroxylation is 1. The van der Waals surface area contributed by atoms with Gasteiger partial charge >= 0.3 is 0 Å². The Morgan fingerprint density at radius 1 is 1.03 bits per heavy atom. The summed E-state index contributed by atoms with van der Waals surface area (Å²) in [6.45, 7) is 6.08. The molecule has 0 bridgehead atoms. The molecule has 178 valence electrons. The Morgan fingerprint density at radius 2 is 1.74 bits per heavy atom. The van der Waals surface area contributed by atoms with E-state index < -0.39 is 0 Å². The lowest BCUT2D eigenvalue weighted by Gasteiger charge is -2.35. The van der Waals surface area contributed by atoms with Crippen molar-refractivity contribution in [3.8, 4) is 11.4 Å². The van der Waals surface area contributed by atoms with Crippen molar-refractivity contribution in [3.05, 3.63) is 65.7 Å². The van der Waals surface area contributed by atoms with Crippen LogP contribution in [0.15, 0.2) is 54.6 Å². The second kappa shape index (κ2) is 11.0. The number of benzene rings is 2. The minimum Gasteiger partial charge on any atom is -0.372 e. The molecule has 0 saturated carbocycles. The number of amides is 2. The fraction of sp³-hybridized carbons (Fsp3) is 0.400. The van der Waals surface area contributed by atoms with Gasteiger partial charge in [0.2, 0.25) is 11.7 Å². The van der Waals surface area contributed by atoms with Crippen LogP contribution in [0.4, 0.5) is 0 Å². The molecule has 9 nitrogen and oxygen atoms in total. The Balaban J connectivity index is 1.19. The molecule has 1 aliphatic rings. The van der Waals surface area contributed by atoms with E-state index in [2.05, 4.69) is 20.7 Å². The quantitative estimate of drug-likeness (QED) is 0.552. The molecule has 1 aliphatic heterocycles. The summed E-state index contributed by atoms with van der Waals surface area (Å²) in [6, 6.07) is 17.0. The summed E-state index contributed by atoms with van der Waals surface area (Å²) in [6.07, 6.45) is 1.05. The zero-order valence-electron chi connectivity index (χ0n) is 19.6. The van der Waals surface area contributed by atoms with E-state index in [1.54, 1.807) is 0 Å². The van der Waals surface area contributed by atoms with Crippen LogP contribution in [0.1, 0.15) is 42.6 Å². The average Bonchev–Trinajstić information content (AvgIpc) is 3.31. The Bertz CT molecular complexity index is 1090. The molecule has 2 unspecified atom stereocenters. The lowest BCUT2D eigenvalue weighted by atomic mass is 10.1. The predicted molar refractivity (Wildman–Crippen MR) is 127 cm³/mol. The van der Waals surface area contributed by atoms with Crippen molar-refractivity contribution in [1.82, 2.24) is 30.4 Å². The third kappa shape index (κ3) is 6.26. The normalized spacial score (nSPS) is 18.0. The molecule has 1 fully saturated rings. The highest BCUT2D eigenvalue weighted by molar-refractivity contribution is 5.94. The van der Waals surface area contributed by atoms with E-state index in [9.17, 15) is 9.59 Å². The summed E-state index contributed by atoms with van der Waals surface area (Å²) < 4.78 is 5.70. The maximum absolute atomic E-state index is 12.8. The number of nitrogens with one attached hydrogen (secondary N) is 1. The summed E-state index contributed by atoms with van der Waals surface area (Å²) in [5.74, 6) is 0.541. The van der Waals surface area contributed by atoms with Crippen molar-refractivity contribution in [2.24, 2.45) is 0 Å². The van der Waals surface area contributed by atoms with E-state index in [0.29, 0.717) is 50.4 Å². The molecule has 34 heavy (non-hydrogen) atoms. The Kier molecular flexibility index (Phi) is 7.64. The van der Waals surface area contributed by atoms with Gasteiger partial charge in [-0.3, -0.25) is 9.59 Å². The van der Waals surface area contributed by atoms with Gasteiger partial charge in [0.15, 0.2) is 0 Å². The van der Waals surface area contributed by atoms with Crippen molar-refractivity contribution in [3.63, 3.8) is 0 Å². The predicted octanol–water partition coefficient (Wildman–Crippen LogP) is 2.69. The van der Waals surface area contributed by atoms with Crippen LogP contribution in [0.2, 0.25) is 0 Å². The summed E-state index contributed by atoms with van der Waals surface area (Å²) in [5, 5.41) is 15.4. The highest BCUT2D eigenvalue weighted by Gasteiger charge is 2.26. The van der Waals surface area contributed by atoms with Crippen molar-refractivity contribution >= 4 is 11.8 Å². The average molecular weight is 463 g/mol. The first-order valence-corrected chi connectivity index (χ1v) is 11.6. The van der Waals surface area contributed by atoms with Crippen LogP contribution in [-0.2, 0) is 22.6 Å². The number of aromatic nitrogens is 4. The third-order valence-corrected chi connectivity index (χ3v) is 5.64. The Labute approximate surface area is 199 Å². The SMILES string of the molecule is CC1CN(C(=O)c2ccc(CNC(=O)CCCn3nnc(-c4ccccc4)n3)cc2)CC(C)O1. The lowest BCUT2D eigenvalue weighted by Crippen LogP contribution is -2.48. The molecule has 1 aromatic heterocycles. The molecule has 2 atom stereocenters. The second-order valence-electron chi connectivity index (χ2n) is 8.62. The second-order valence-corrected chi connectivity index (χ2v) is 8.62. The molecule has 2 heterocycles. The van der Waals surface area contributed by atoms with E-state index in [1.807, 2.05) is 73.3 Å². The van der Waals surface area contributed by atoms with Crippen molar-refractivity contribution in [2.75, 3.05) is 13.1 Å². The molecule has 2 aromatic carbocycles. The van der Waals surface area contributed by atoms with Crippen LogP contribution in [0.3, 0.4) is 0 Å². The van der Waals surface area contributed by atoms with E-state index >= 15 is 0 Å². The van der Waals surface area contributed by atoms with E-state index in [-0.39, 0.29) is 24.0 Å². The Morgan fingerprint density at radius 3 is 2.44 bits per heavy atom. The molecule has 0 radical (unpaired) electrons. The molecule has 9 heteroatoms. The van der Waals surface area contributed by atoms with E-state index in [4.69, 9.17) is 4.74 Å². The number of hydrogen-bond acceptors (Lipinski definition) is 6. The first-order chi connectivity index (χ1) is 16.5. The maximum Gasteiger partial charge on any atom is 0.254 e. The van der Waals surface area contributed by atoms with Gasteiger partial charge in [-0.1, -0.05) is 42.5 Å². The van der Waals surface area contributed by atoms with E-state index in [0.717, 1.165) is 11.1 Å². The number of hydrogen-bond donors (Lipinski definition) is 1. The zero-order valence-corrected chi connectivity index (χ0v) is 19.6.